The maximum absolute atomic E-state index is 2.66. The van der Waals surface area contributed by atoms with Crippen molar-refractivity contribution in [1.82, 2.24) is 0 Å². The fraction of sp³-hybridized carbons (Fsp3) is 0.300. The van der Waals surface area contributed by atoms with Crippen LogP contribution >= 0.6 is 0 Å². The van der Waals surface area contributed by atoms with E-state index in [1.54, 1.807) is 11.1 Å². The van der Waals surface area contributed by atoms with Crippen LogP contribution in [0.4, 0.5) is 17.1 Å². The zero-order valence-electron chi connectivity index (χ0n) is 36.3. The van der Waals surface area contributed by atoms with Crippen LogP contribution in [0.3, 0.4) is 0 Å². The third kappa shape index (κ3) is 5.65. The third-order valence-electron chi connectivity index (χ3n) is 16.5. The molecule has 13 rings (SSSR count). The van der Waals surface area contributed by atoms with Gasteiger partial charge < -0.3 is 4.90 Å². The molecule has 6 aliphatic rings. The summed E-state index contributed by atoms with van der Waals surface area (Å²) in [4.78, 5) is 2.60. The Morgan fingerprint density at radius 1 is 0.393 bits per heavy atom. The van der Waals surface area contributed by atoms with Crippen LogP contribution in [0.1, 0.15) is 94.9 Å². The molecular weight excluding hydrogens is 735 g/mol. The van der Waals surface area contributed by atoms with Gasteiger partial charge >= 0.3 is 0 Å². The molecule has 7 aromatic carbocycles. The Morgan fingerprint density at radius 3 is 1.59 bits per heavy atom. The van der Waals surface area contributed by atoms with Crippen LogP contribution in [0.15, 0.2) is 164 Å². The molecule has 4 bridgehead atoms. The molecule has 4 saturated carbocycles. The van der Waals surface area contributed by atoms with Gasteiger partial charge in [0.1, 0.15) is 0 Å². The molecule has 0 heterocycles. The highest BCUT2D eigenvalue weighted by Gasteiger charge is 2.61. The molecule has 1 spiro atoms. The molecule has 0 saturated heterocycles. The van der Waals surface area contributed by atoms with Crippen LogP contribution in [0.2, 0.25) is 0 Å². The van der Waals surface area contributed by atoms with Crippen molar-refractivity contribution in [3.8, 4) is 44.5 Å². The molecule has 0 N–H and O–H groups in total. The molecule has 0 unspecified atom stereocenters. The second-order valence-electron chi connectivity index (χ2n) is 20.8. The molecule has 1 nitrogen and oxygen atoms in total. The van der Waals surface area contributed by atoms with E-state index < -0.39 is 0 Å². The number of anilines is 3. The lowest BCUT2D eigenvalue weighted by Gasteiger charge is -2.61. The molecule has 7 aromatic rings. The highest BCUT2D eigenvalue weighted by atomic mass is 15.1. The van der Waals surface area contributed by atoms with E-state index in [9.17, 15) is 0 Å². The standard InChI is InChI=1S/C60H57N/c1-58(2)31-32-59(3,4)57-52(17-12-19-54(57)58)51-16-9-11-20-56(51)61(47-27-25-44(26-28-47)43-23-21-42(22-24-43)41-13-6-5-7-14-41)48-29-30-50-49-15-8-10-18-53(49)60(55(50)38-48)45-34-39-33-40(36-45)37-46(60)35-39/h5-30,38-40,45-46H,31-37H2,1-4H3. The Morgan fingerprint density at radius 2 is 0.902 bits per heavy atom. The van der Waals surface area contributed by atoms with Crippen molar-refractivity contribution < 1.29 is 0 Å². The van der Waals surface area contributed by atoms with E-state index in [0.29, 0.717) is 0 Å². The Bertz CT molecular complexity index is 2780. The summed E-state index contributed by atoms with van der Waals surface area (Å²) in [5.74, 6) is 3.26. The van der Waals surface area contributed by atoms with Gasteiger partial charge in [0.15, 0.2) is 0 Å². The van der Waals surface area contributed by atoms with E-state index in [0.717, 1.165) is 23.7 Å². The minimum Gasteiger partial charge on any atom is -0.310 e. The lowest BCUT2D eigenvalue weighted by Crippen LogP contribution is -2.55. The molecule has 6 aliphatic carbocycles. The van der Waals surface area contributed by atoms with E-state index in [1.165, 1.54) is 118 Å². The summed E-state index contributed by atoms with van der Waals surface area (Å²) >= 11 is 0. The summed E-state index contributed by atoms with van der Waals surface area (Å²) in [6.07, 6.45) is 9.39. The lowest BCUT2D eigenvalue weighted by atomic mass is 9.43. The zero-order chi connectivity index (χ0) is 41.1. The average molecular weight is 792 g/mol. The van der Waals surface area contributed by atoms with Crippen LogP contribution in [0, 0.1) is 23.7 Å². The predicted octanol–water partition coefficient (Wildman–Crippen LogP) is 16.2. The van der Waals surface area contributed by atoms with E-state index in [2.05, 4.69) is 196 Å². The fourth-order valence-electron chi connectivity index (χ4n) is 13.8. The van der Waals surface area contributed by atoms with Crippen molar-refractivity contribution in [1.29, 1.82) is 0 Å². The minimum absolute atomic E-state index is 0.0717. The van der Waals surface area contributed by atoms with Gasteiger partial charge in [0, 0.05) is 22.4 Å². The molecule has 302 valence electrons. The molecule has 0 aromatic heterocycles. The van der Waals surface area contributed by atoms with Crippen LogP contribution in [0.5, 0.6) is 0 Å². The van der Waals surface area contributed by atoms with Crippen molar-refractivity contribution >= 4 is 17.1 Å². The molecule has 0 aliphatic heterocycles. The van der Waals surface area contributed by atoms with Crippen LogP contribution in [-0.4, -0.2) is 0 Å². The number of hydrogen-bond acceptors (Lipinski definition) is 1. The van der Waals surface area contributed by atoms with Crippen LogP contribution in [0.25, 0.3) is 44.5 Å². The van der Waals surface area contributed by atoms with Crippen molar-refractivity contribution in [2.24, 2.45) is 23.7 Å². The summed E-state index contributed by atoms with van der Waals surface area (Å²) in [6.45, 7) is 9.84. The van der Waals surface area contributed by atoms with E-state index in [1.807, 2.05) is 0 Å². The highest BCUT2D eigenvalue weighted by molar-refractivity contribution is 5.92. The Kier molecular flexibility index (Phi) is 8.32. The number of fused-ring (bicyclic) bond motifs is 4. The van der Waals surface area contributed by atoms with Gasteiger partial charge in [-0.3, -0.25) is 0 Å². The quantitative estimate of drug-likeness (QED) is 0.162. The van der Waals surface area contributed by atoms with E-state index >= 15 is 0 Å². The minimum atomic E-state index is 0.0717. The normalized spacial score (nSPS) is 24.6. The van der Waals surface area contributed by atoms with Crippen molar-refractivity contribution in [2.45, 2.75) is 88.9 Å². The summed E-state index contributed by atoms with van der Waals surface area (Å²) in [6, 6.07) is 62.7. The first-order valence-corrected chi connectivity index (χ1v) is 23.2. The lowest BCUT2D eigenvalue weighted by molar-refractivity contribution is -0.0399. The summed E-state index contributed by atoms with van der Waals surface area (Å²) < 4.78 is 0. The molecule has 0 radical (unpaired) electrons. The van der Waals surface area contributed by atoms with Crippen molar-refractivity contribution in [2.75, 3.05) is 4.90 Å². The Hall–Kier alpha value is -5.66. The first-order chi connectivity index (χ1) is 29.7. The second-order valence-corrected chi connectivity index (χ2v) is 20.8. The molecular formula is C60H57N. The highest BCUT2D eigenvalue weighted by Crippen LogP contribution is 2.69. The van der Waals surface area contributed by atoms with Gasteiger partial charge in [-0.15, -0.1) is 0 Å². The number of para-hydroxylation sites is 1. The monoisotopic (exact) mass is 791 g/mol. The van der Waals surface area contributed by atoms with E-state index in [4.69, 9.17) is 0 Å². The number of benzene rings is 7. The zero-order valence-corrected chi connectivity index (χ0v) is 36.3. The molecule has 61 heavy (non-hydrogen) atoms. The summed E-state index contributed by atoms with van der Waals surface area (Å²) in [7, 11) is 0. The van der Waals surface area contributed by atoms with Crippen LogP contribution < -0.4 is 4.90 Å². The average Bonchev–Trinajstić information content (AvgIpc) is 3.58. The number of rotatable bonds is 6. The smallest absolute Gasteiger partial charge is 0.0540 e. The summed E-state index contributed by atoms with van der Waals surface area (Å²) in [5, 5.41) is 0. The fourth-order valence-corrected chi connectivity index (χ4v) is 13.8. The SMILES string of the molecule is CC1(C)CCC(C)(C)c2c(-c3ccccc3N(c3ccc(-c4ccc(-c5ccccc5)cc4)cc3)c3ccc4c(c3)C3(c5ccccc5-4)C4CC5CC(C4)CC3C5)cccc21. The molecule has 0 atom stereocenters. The first kappa shape index (κ1) is 37.1. The Balaban J connectivity index is 1.04. The van der Waals surface area contributed by atoms with Gasteiger partial charge in [0.2, 0.25) is 0 Å². The largest absolute Gasteiger partial charge is 0.310 e. The topological polar surface area (TPSA) is 3.24 Å². The maximum atomic E-state index is 2.66. The predicted molar refractivity (Wildman–Crippen MR) is 256 cm³/mol. The maximum Gasteiger partial charge on any atom is 0.0540 e. The van der Waals surface area contributed by atoms with Crippen LogP contribution in [-0.2, 0) is 16.2 Å². The molecule has 0 amide bonds. The number of hydrogen-bond donors (Lipinski definition) is 0. The van der Waals surface area contributed by atoms with Gasteiger partial charge in [-0.2, -0.15) is 0 Å². The molecule has 4 fully saturated rings. The van der Waals surface area contributed by atoms with Crippen molar-refractivity contribution in [3.05, 3.63) is 186 Å². The molecule has 1 heteroatoms. The van der Waals surface area contributed by atoms with Gasteiger partial charge in [-0.25, -0.2) is 0 Å². The van der Waals surface area contributed by atoms with E-state index in [-0.39, 0.29) is 16.2 Å². The first-order valence-electron chi connectivity index (χ1n) is 23.2. The number of nitrogens with zero attached hydrogens (tertiary/aromatic N) is 1. The van der Waals surface area contributed by atoms with Gasteiger partial charge in [0.25, 0.3) is 0 Å². The summed E-state index contributed by atoms with van der Waals surface area (Å²) in [5.41, 5.74) is 20.8. The third-order valence-corrected chi connectivity index (χ3v) is 16.5. The van der Waals surface area contributed by atoms with Gasteiger partial charge in [-0.05, 0) is 171 Å². The Labute approximate surface area is 363 Å². The van der Waals surface area contributed by atoms with Gasteiger partial charge in [0.05, 0.1) is 5.69 Å². The second kappa shape index (κ2) is 13.7. The van der Waals surface area contributed by atoms with Gasteiger partial charge in [-0.1, -0.05) is 161 Å². The van der Waals surface area contributed by atoms with Crippen molar-refractivity contribution in [3.63, 3.8) is 0 Å².